The summed E-state index contributed by atoms with van der Waals surface area (Å²) >= 11 is 1.59. The molecule has 0 unspecified atom stereocenters. The molecule has 0 amide bonds. The van der Waals surface area contributed by atoms with Crippen LogP contribution in [0.15, 0.2) is 41.3 Å². The van der Waals surface area contributed by atoms with Gasteiger partial charge in [0, 0.05) is 16.3 Å². The average Bonchev–Trinajstić information content (AvgIpc) is 2.84. The number of sulfonamides is 1. The Morgan fingerprint density at radius 1 is 1.15 bits per heavy atom. The van der Waals surface area contributed by atoms with E-state index in [0.29, 0.717) is 18.9 Å². The van der Waals surface area contributed by atoms with Crippen molar-refractivity contribution in [1.29, 1.82) is 0 Å². The monoisotopic (exact) mass is 311 g/mol. The molecule has 0 aliphatic carbocycles. The number of ether oxygens (including phenoxy) is 1. The van der Waals surface area contributed by atoms with E-state index >= 15 is 0 Å². The lowest BCUT2D eigenvalue weighted by molar-refractivity contribution is 0.340. The Morgan fingerprint density at radius 3 is 2.40 bits per heavy atom. The molecule has 0 aliphatic rings. The van der Waals surface area contributed by atoms with E-state index in [4.69, 9.17) is 4.74 Å². The number of hydrogen-bond donors (Lipinski definition) is 1. The predicted octanol–water partition coefficient (Wildman–Crippen LogP) is 2.93. The largest absolute Gasteiger partial charge is 0.494 e. The second kappa shape index (κ2) is 6.39. The number of benzene rings is 1. The van der Waals surface area contributed by atoms with Gasteiger partial charge in [-0.15, -0.1) is 11.3 Å². The average molecular weight is 311 g/mol. The number of rotatable bonds is 6. The first kappa shape index (κ1) is 15.0. The molecule has 2 rings (SSSR count). The second-order valence-electron chi connectivity index (χ2n) is 4.24. The Hall–Kier alpha value is -1.37. The van der Waals surface area contributed by atoms with E-state index in [1.807, 2.05) is 26.0 Å². The van der Waals surface area contributed by atoms with Crippen molar-refractivity contribution >= 4 is 21.4 Å². The Labute approximate surface area is 123 Å². The van der Waals surface area contributed by atoms with Gasteiger partial charge in [-0.2, -0.15) is 0 Å². The van der Waals surface area contributed by atoms with Gasteiger partial charge in [0.25, 0.3) is 0 Å². The summed E-state index contributed by atoms with van der Waals surface area (Å²) in [5, 5.41) is 0. The summed E-state index contributed by atoms with van der Waals surface area (Å²) in [6.45, 7) is 4.75. The van der Waals surface area contributed by atoms with Crippen LogP contribution in [-0.2, 0) is 16.6 Å². The van der Waals surface area contributed by atoms with Crippen molar-refractivity contribution in [3.8, 4) is 5.75 Å². The summed E-state index contributed by atoms with van der Waals surface area (Å²) in [7, 11) is -3.48. The van der Waals surface area contributed by atoms with Crippen molar-refractivity contribution in [3.63, 3.8) is 0 Å². The number of thiophene rings is 1. The Kier molecular flexibility index (Phi) is 4.80. The topological polar surface area (TPSA) is 55.4 Å². The van der Waals surface area contributed by atoms with Crippen LogP contribution >= 0.6 is 11.3 Å². The highest BCUT2D eigenvalue weighted by molar-refractivity contribution is 7.89. The lowest BCUT2D eigenvalue weighted by Crippen LogP contribution is -2.22. The van der Waals surface area contributed by atoms with Crippen LogP contribution < -0.4 is 9.46 Å². The van der Waals surface area contributed by atoms with E-state index in [-0.39, 0.29) is 4.90 Å². The van der Waals surface area contributed by atoms with Gasteiger partial charge in [0.15, 0.2) is 0 Å². The summed E-state index contributed by atoms with van der Waals surface area (Å²) in [6.07, 6.45) is 0. The summed E-state index contributed by atoms with van der Waals surface area (Å²) in [4.78, 5) is 2.41. The highest BCUT2D eigenvalue weighted by Crippen LogP contribution is 2.18. The van der Waals surface area contributed by atoms with Crippen LogP contribution in [0.25, 0.3) is 0 Å². The first-order valence-corrected chi connectivity index (χ1v) is 8.59. The maximum atomic E-state index is 12.1. The minimum Gasteiger partial charge on any atom is -0.494 e. The minimum absolute atomic E-state index is 0.245. The zero-order valence-electron chi connectivity index (χ0n) is 11.4. The zero-order chi connectivity index (χ0) is 14.6. The second-order valence-corrected chi connectivity index (χ2v) is 7.38. The molecule has 1 aromatic heterocycles. The maximum Gasteiger partial charge on any atom is 0.240 e. The molecule has 1 heterocycles. The van der Waals surface area contributed by atoms with Gasteiger partial charge >= 0.3 is 0 Å². The van der Waals surface area contributed by atoms with Crippen LogP contribution in [0.4, 0.5) is 0 Å². The van der Waals surface area contributed by atoms with Crippen LogP contribution in [0.1, 0.15) is 16.7 Å². The number of aryl methyl sites for hydroxylation is 1. The van der Waals surface area contributed by atoms with Crippen molar-refractivity contribution in [2.75, 3.05) is 6.61 Å². The molecule has 1 aromatic carbocycles. The third kappa shape index (κ3) is 3.82. The fourth-order valence-electron chi connectivity index (χ4n) is 1.71. The van der Waals surface area contributed by atoms with E-state index in [9.17, 15) is 8.42 Å². The van der Waals surface area contributed by atoms with E-state index in [1.165, 1.54) is 4.88 Å². The van der Waals surface area contributed by atoms with E-state index in [0.717, 1.165) is 4.88 Å². The fourth-order valence-corrected chi connectivity index (χ4v) is 3.64. The quantitative estimate of drug-likeness (QED) is 0.892. The summed E-state index contributed by atoms with van der Waals surface area (Å²) < 4.78 is 32.2. The normalized spacial score (nSPS) is 11.5. The molecular weight excluding hydrogens is 294 g/mol. The zero-order valence-corrected chi connectivity index (χ0v) is 13.1. The molecule has 0 bridgehead atoms. The first-order chi connectivity index (χ1) is 9.51. The van der Waals surface area contributed by atoms with Gasteiger partial charge in [-0.05, 0) is 50.2 Å². The molecule has 2 aromatic rings. The predicted molar refractivity (Wildman–Crippen MR) is 80.7 cm³/mol. The van der Waals surface area contributed by atoms with Crippen molar-refractivity contribution in [2.45, 2.75) is 25.3 Å². The molecule has 0 saturated carbocycles. The standard InChI is InChI=1S/C14H17NO3S2/c1-3-18-12-5-8-14(9-6-12)20(16,17)15-10-13-7-4-11(2)19-13/h4-9,15H,3,10H2,1-2H3. The van der Waals surface area contributed by atoms with Gasteiger partial charge in [-0.25, -0.2) is 13.1 Å². The highest BCUT2D eigenvalue weighted by atomic mass is 32.2. The molecule has 0 saturated heterocycles. The molecule has 0 radical (unpaired) electrons. The van der Waals surface area contributed by atoms with Crippen LogP contribution in [0.3, 0.4) is 0 Å². The molecule has 6 heteroatoms. The Balaban J connectivity index is 2.05. The third-order valence-corrected chi connectivity index (χ3v) is 5.10. The van der Waals surface area contributed by atoms with Gasteiger partial charge in [-0.3, -0.25) is 0 Å². The molecular formula is C14H17NO3S2. The highest BCUT2D eigenvalue weighted by Gasteiger charge is 2.14. The Bertz CT molecular complexity index is 660. The van der Waals surface area contributed by atoms with Crippen molar-refractivity contribution in [1.82, 2.24) is 4.72 Å². The SMILES string of the molecule is CCOc1ccc(S(=O)(=O)NCc2ccc(C)s2)cc1. The summed E-state index contributed by atoms with van der Waals surface area (Å²) in [5.74, 6) is 0.667. The van der Waals surface area contributed by atoms with Crippen LogP contribution in [0.5, 0.6) is 5.75 Å². The lowest BCUT2D eigenvalue weighted by Gasteiger charge is -2.07. The van der Waals surface area contributed by atoms with Gasteiger partial charge < -0.3 is 4.74 Å². The number of hydrogen-bond acceptors (Lipinski definition) is 4. The van der Waals surface area contributed by atoms with E-state index in [2.05, 4.69) is 4.72 Å². The summed E-state index contributed by atoms with van der Waals surface area (Å²) in [5.41, 5.74) is 0. The van der Waals surface area contributed by atoms with Crippen LogP contribution in [0.2, 0.25) is 0 Å². The minimum atomic E-state index is -3.48. The van der Waals surface area contributed by atoms with Gasteiger partial charge in [0.2, 0.25) is 10.0 Å². The number of nitrogens with one attached hydrogen (secondary N) is 1. The van der Waals surface area contributed by atoms with E-state index in [1.54, 1.807) is 35.6 Å². The Morgan fingerprint density at radius 2 is 1.85 bits per heavy atom. The van der Waals surface area contributed by atoms with Crippen molar-refractivity contribution in [3.05, 3.63) is 46.2 Å². The molecule has 0 spiro atoms. The van der Waals surface area contributed by atoms with Crippen molar-refractivity contribution in [2.24, 2.45) is 0 Å². The van der Waals surface area contributed by atoms with Crippen molar-refractivity contribution < 1.29 is 13.2 Å². The maximum absolute atomic E-state index is 12.1. The van der Waals surface area contributed by atoms with Gasteiger partial charge in [-0.1, -0.05) is 0 Å². The van der Waals surface area contributed by atoms with Crippen LogP contribution in [-0.4, -0.2) is 15.0 Å². The molecule has 1 N–H and O–H groups in total. The third-order valence-electron chi connectivity index (χ3n) is 2.68. The van der Waals surface area contributed by atoms with Crippen LogP contribution in [0, 0.1) is 6.92 Å². The molecule has 108 valence electrons. The smallest absolute Gasteiger partial charge is 0.240 e. The summed E-state index contributed by atoms with van der Waals surface area (Å²) in [6, 6.07) is 10.3. The molecule has 4 nitrogen and oxygen atoms in total. The molecule has 0 aliphatic heterocycles. The lowest BCUT2D eigenvalue weighted by atomic mass is 10.3. The van der Waals surface area contributed by atoms with Gasteiger partial charge in [0.1, 0.15) is 5.75 Å². The molecule has 20 heavy (non-hydrogen) atoms. The molecule has 0 fully saturated rings. The van der Waals surface area contributed by atoms with Gasteiger partial charge in [0.05, 0.1) is 11.5 Å². The first-order valence-electron chi connectivity index (χ1n) is 6.29. The van der Waals surface area contributed by atoms with E-state index < -0.39 is 10.0 Å². The molecule has 0 atom stereocenters. The fraction of sp³-hybridized carbons (Fsp3) is 0.286.